The van der Waals surface area contributed by atoms with Gasteiger partial charge in [0.1, 0.15) is 5.75 Å². The third kappa shape index (κ3) is 6.36. The molecule has 0 unspecified atom stereocenters. The Morgan fingerprint density at radius 3 is 2.39 bits per heavy atom. The number of thiophene rings is 1. The van der Waals surface area contributed by atoms with Crippen molar-refractivity contribution in [2.45, 2.75) is 63.4 Å². The molecule has 0 spiro atoms. The smallest absolute Gasteiger partial charge is 0.306 e. The number of Topliss-reactive ketones (excluding diaryl/α,β-unsaturated/α-hetero) is 1. The topological polar surface area (TPSA) is 92.7 Å². The van der Waals surface area contributed by atoms with Crippen molar-refractivity contribution in [1.29, 1.82) is 0 Å². The van der Waals surface area contributed by atoms with Crippen molar-refractivity contribution < 1.29 is 24.2 Å². The van der Waals surface area contributed by atoms with Crippen molar-refractivity contribution in [2.24, 2.45) is 5.92 Å². The first kappa shape index (κ1) is 23.8. The van der Waals surface area contributed by atoms with E-state index in [-0.39, 0.29) is 23.7 Å². The normalized spacial score (nSPS) is 20.3. The standard InChI is InChI=1S/C25H28ClNO5S/c26-23-20(15-3-4-15)14-22(33-23)24(29)27-13-1-2-21(28)16-5-9-18(10-6-16)32-19-11-7-17(8-12-19)25(30)31/h5-6,9-10,14-15,17,19H,1-4,7-8,11-13H2,(H,27,29)(H,30,31). The lowest BCUT2D eigenvalue weighted by Crippen LogP contribution is -2.27. The summed E-state index contributed by atoms with van der Waals surface area (Å²) in [7, 11) is 0. The van der Waals surface area contributed by atoms with E-state index in [4.69, 9.17) is 21.4 Å². The van der Waals surface area contributed by atoms with Crippen LogP contribution in [0.4, 0.5) is 0 Å². The van der Waals surface area contributed by atoms with Gasteiger partial charge in [0, 0.05) is 18.5 Å². The zero-order valence-corrected chi connectivity index (χ0v) is 19.9. The molecule has 0 atom stereocenters. The third-order valence-corrected chi connectivity index (χ3v) is 7.71. The lowest BCUT2D eigenvalue weighted by molar-refractivity contribution is -0.143. The average Bonchev–Trinajstić information content (AvgIpc) is 3.58. The van der Waals surface area contributed by atoms with Crippen LogP contribution in [0.3, 0.4) is 0 Å². The maximum Gasteiger partial charge on any atom is 0.306 e. The molecule has 2 aromatic rings. The molecule has 2 fully saturated rings. The average molecular weight is 490 g/mol. The molecule has 0 bridgehead atoms. The van der Waals surface area contributed by atoms with E-state index >= 15 is 0 Å². The van der Waals surface area contributed by atoms with Crippen LogP contribution in [0.25, 0.3) is 0 Å². The van der Waals surface area contributed by atoms with Gasteiger partial charge in [0.25, 0.3) is 5.91 Å². The third-order valence-electron chi connectivity index (χ3n) is 6.32. The van der Waals surface area contributed by atoms with Crippen LogP contribution in [0, 0.1) is 5.92 Å². The summed E-state index contributed by atoms with van der Waals surface area (Å²) in [6.07, 6.45) is 5.92. The lowest BCUT2D eigenvalue weighted by Gasteiger charge is -2.26. The van der Waals surface area contributed by atoms with E-state index in [1.165, 1.54) is 11.3 Å². The first-order valence-electron chi connectivity index (χ1n) is 11.5. The number of carboxylic acid groups (broad SMARTS) is 1. The number of ketones is 1. The quantitative estimate of drug-likeness (QED) is 0.330. The molecule has 2 aliphatic rings. The molecule has 8 heteroatoms. The molecule has 1 aromatic carbocycles. The minimum absolute atomic E-state index is 0.0179. The maximum atomic E-state index is 12.5. The van der Waals surface area contributed by atoms with Crippen molar-refractivity contribution in [3.63, 3.8) is 0 Å². The SMILES string of the molecule is O=C(CCCNC(=O)c1cc(C2CC2)c(Cl)s1)c1ccc(OC2CCC(C(=O)O)CC2)cc1. The highest BCUT2D eigenvalue weighted by Gasteiger charge is 2.29. The fourth-order valence-electron chi connectivity index (χ4n) is 4.19. The number of rotatable bonds is 10. The van der Waals surface area contributed by atoms with Gasteiger partial charge in [-0.3, -0.25) is 14.4 Å². The monoisotopic (exact) mass is 489 g/mol. The van der Waals surface area contributed by atoms with Gasteiger partial charge in [-0.15, -0.1) is 11.3 Å². The molecule has 33 heavy (non-hydrogen) atoms. The number of hydrogen-bond acceptors (Lipinski definition) is 5. The number of ether oxygens (including phenoxy) is 1. The highest BCUT2D eigenvalue weighted by Crippen LogP contribution is 2.46. The Morgan fingerprint density at radius 1 is 1.06 bits per heavy atom. The van der Waals surface area contributed by atoms with E-state index in [9.17, 15) is 14.4 Å². The molecule has 1 aromatic heterocycles. The fraction of sp³-hybridized carbons (Fsp3) is 0.480. The first-order chi connectivity index (χ1) is 15.9. The van der Waals surface area contributed by atoms with Gasteiger partial charge in [0.15, 0.2) is 5.78 Å². The van der Waals surface area contributed by atoms with Gasteiger partial charge >= 0.3 is 5.97 Å². The van der Waals surface area contributed by atoms with Crippen molar-refractivity contribution in [1.82, 2.24) is 5.32 Å². The van der Waals surface area contributed by atoms with Gasteiger partial charge in [-0.05, 0) is 86.8 Å². The van der Waals surface area contributed by atoms with Gasteiger partial charge in [-0.25, -0.2) is 0 Å². The Kier molecular flexibility index (Phi) is 7.71. The van der Waals surface area contributed by atoms with Crippen molar-refractivity contribution in [3.8, 4) is 5.75 Å². The molecule has 1 heterocycles. The molecule has 0 aliphatic heterocycles. The number of carboxylic acids is 1. The number of aliphatic carboxylic acids is 1. The number of benzene rings is 1. The predicted molar refractivity (Wildman–Crippen MR) is 128 cm³/mol. The highest BCUT2D eigenvalue weighted by molar-refractivity contribution is 7.18. The maximum absolute atomic E-state index is 12.5. The summed E-state index contributed by atoms with van der Waals surface area (Å²) in [5.74, 6) is 0.0926. The molecule has 2 saturated carbocycles. The molecule has 2 aliphatic carbocycles. The van der Waals surface area contributed by atoms with Crippen LogP contribution in [-0.2, 0) is 4.79 Å². The Labute approximate surface area is 202 Å². The van der Waals surface area contributed by atoms with E-state index < -0.39 is 5.97 Å². The number of carbonyl (C=O) groups excluding carboxylic acids is 2. The summed E-state index contributed by atoms with van der Waals surface area (Å²) in [5.41, 5.74) is 1.70. The minimum atomic E-state index is -0.727. The Balaban J connectivity index is 1.17. The molecule has 0 radical (unpaired) electrons. The number of hydrogen-bond donors (Lipinski definition) is 2. The molecule has 1 amide bonds. The second kappa shape index (κ2) is 10.7. The zero-order valence-electron chi connectivity index (χ0n) is 18.3. The second-order valence-electron chi connectivity index (χ2n) is 8.85. The van der Waals surface area contributed by atoms with E-state index in [2.05, 4.69) is 5.32 Å². The molecule has 6 nitrogen and oxygen atoms in total. The van der Waals surface area contributed by atoms with Crippen LogP contribution >= 0.6 is 22.9 Å². The van der Waals surface area contributed by atoms with Gasteiger partial charge < -0.3 is 15.2 Å². The Bertz CT molecular complexity index is 1010. The van der Waals surface area contributed by atoms with Crippen LogP contribution in [0.1, 0.15) is 82.9 Å². The molecule has 4 rings (SSSR count). The summed E-state index contributed by atoms with van der Waals surface area (Å²) in [6.45, 7) is 0.430. The van der Waals surface area contributed by atoms with E-state index in [0.29, 0.717) is 58.7 Å². The molecule has 0 saturated heterocycles. The second-order valence-corrected chi connectivity index (χ2v) is 10.5. The predicted octanol–water partition coefficient (Wildman–Crippen LogP) is 5.69. The van der Waals surface area contributed by atoms with Gasteiger partial charge in [0.2, 0.25) is 0 Å². The van der Waals surface area contributed by atoms with Crippen molar-refractivity contribution in [3.05, 3.63) is 50.7 Å². The highest BCUT2D eigenvalue weighted by atomic mass is 35.5. The zero-order chi connectivity index (χ0) is 23.4. The van der Waals surface area contributed by atoms with Crippen molar-refractivity contribution in [2.75, 3.05) is 6.54 Å². The van der Waals surface area contributed by atoms with Crippen LogP contribution in [0.2, 0.25) is 4.34 Å². The summed E-state index contributed by atoms with van der Waals surface area (Å²) in [4.78, 5) is 36.5. The van der Waals surface area contributed by atoms with Crippen LogP contribution in [0.5, 0.6) is 5.75 Å². The summed E-state index contributed by atoms with van der Waals surface area (Å²) >= 11 is 7.56. The van der Waals surface area contributed by atoms with Gasteiger partial charge in [-0.1, -0.05) is 11.6 Å². The van der Waals surface area contributed by atoms with E-state index in [0.717, 1.165) is 31.2 Å². The first-order valence-corrected chi connectivity index (χ1v) is 12.7. The number of carbonyl (C=O) groups is 3. The van der Waals surface area contributed by atoms with E-state index in [1.807, 2.05) is 6.07 Å². The van der Waals surface area contributed by atoms with Crippen LogP contribution in [-0.4, -0.2) is 35.4 Å². The van der Waals surface area contributed by atoms with E-state index in [1.54, 1.807) is 24.3 Å². The summed E-state index contributed by atoms with van der Waals surface area (Å²) in [6, 6.07) is 8.98. The molecular formula is C25H28ClNO5S. The summed E-state index contributed by atoms with van der Waals surface area (Å²) in [5, 5.41) is 12.0. The van der Waals surface area contributed by atoms with Gasteiger partial charge in [-0.2, -0.15) is 0 Å². The fourth-order valence-corrected chi connectivity index (χ4v) is 5.53. The summed E-state index contributed by atoms with van der Waals surface area (Å²) < 4.78 is 6.66. The largest absolute Gasteiger partial charge is 0.490 e. The number of halogens is 1. The molecular weight excluding hydrogens is 462 g/mol. The van der Waals surface area contributed by atoms with Gasteiger partial charge in [0.05, 0.1) is 21.2 Å². The van der Waals surface area contributed by atoms with Crippen molar-refractivity contribution >= 4 is 40.6 Å². The molecule has 2 N–H and O–H groups in total. The number of amides is 1. The number of nitrogens with one attached hydrogen (secondary N) is 1. The molecule has 176 valence electrons. The van der Waals surface area contributed by atoms with Crippen LogP contribution in [0.15, 0.2) is 30.3 Å². The Hall–Kier alpha value is -2.38. The lowest BCUT2D eigenvalue weighted by atomic mass is 9.87. The Morgan fingerprint density at radius 2 is 1.76 bits per heavy atom. The van der Waals surface area contributed by atoms with Crippen LogP contribution < -0.4 is 10.1 Å². The minimum Gasteiger partial charge on any atom is -0.490 e.